The molecule has 4 aliphatic rings. The summed E-state index contributed by atoms with van der Waals surface area (Å²) in [4.78, 5) is 55.0. The van der Waals surface area contributed by atoms with Crippen LogP contribution in [0, 0.1) is 0 Å². The molecule has 2 unspecified atom stereocenters. The number of carbonyl (C=O) groups excluding carboxylic acids is 4. The number of amides is 6. The van der Waals surface area contributed by atoms with Crippen LogP contribution in [0.15, 0.2) is 39.7 Å². The number of fused-ring (bicyclic) bond motifs is 3. The van der Waals surface area contributed by atoms with E-state index < -0.39 is 15.9 Å². The number of anilines is 2. The molecule has 18 heteroatoms. The Morgan fingerprint density at radius 2 is 1.95 bits per heavy atom. The second kappa shape index (κ2) is 16.3. The maximum absolute atomic E-state index is 13.5. The first kappa shape index (κ1) is 38.7. The first-order valence-corrected chi connectivity index (χ1v) is 21.6. The summed E-state index contributed by atoms with van der Waals surface area (Å²) in [6.45, 7) is 5.39. The number of carbonyl (C=O) groups is 4. The van der Waals surface area contributed by atoms with Crippen LogP contribution in [0.2, 0.25) is 0 Å². The van der Waals surface area contributed by atoms with E-state index in [1.807, 2.05) is 11.8 Å². The molecule has 3 aromatic rings. The molecule has 4 heterocycles. The lowest BCUT2D eigenvalue weighted by Crippen LogP contribution is -2.37. The van der Waals surface area contributed by atoms with Crippen LogP contribution in [0.1, 0.15) is 87.0 Å². The smallest absolute Gasteiger partial charge is 0.354 e. The molecule has 0 radical (unpaired) electrons. The van der Waals surface area contributed by atoms with Crippen molar-refractivity contribution in [2.45, 2.75) is 119 Å². The fourth-order valence-electron chi connectivity index (χ4n) is 7.89. The quantitative estimate of drug-likeness (QED) is 0.103. The third-order valence-electron chi connectivity index (χ3n) is 10.8. The van der Waals surface area contributed by atoms with Crippen molar-refractivity contribution in [2.24, 2.45) is 9.50 Å². The standard InChI is InChI=1S/C37H49N11O5S2/c1-37(2)16-15-26-32(25-9-4-10-27(25)41-34(26)37)43-36(52)46-55(38,53)24-8-3-7-22(19-24)40-31(50)14-13-23-20-48(47-45-23)18-6-17-39-30(49)12-5-11-29-33-28(21-54-29)42-35(51)44-33/h3,7-8,19-20,28-29,33H,4-6,9-18,21H2,1-2H3,(H,39,49)(H,40,50)(H2,42,44,51)(H3,38,41,43,46,52,53)/t28-,29?,33-,55?/m0/s1. The summed E-state index contributed by atoms with van der Waals surface area (Å²) in [6.07, 6.45) is 9.40. The summed E-state index contributed by atoms with van der Waals surface area (Å²) in [5.41, 5.74) is 5.72. The van der Waals surface area contributed by atoms with E-state index in [0.29, 0.717) is 49.0 Å². The van der Waals surface area contributed by atoms with Gasteiger partial charge in [-0.1, -0.05) is 25.1 Å². The van der Waals surface area contributed by atoms with Gasteiger partial charge < -0.3 is 26.6 Å². The molecule has 2 aromatic heterocycles. The Kier molecular flexibility index (Phi) is 11.5. The van der Waals surface area contributed by atoms with Crippen molar-refractivity contribution in [1.82, 2.24) is 35.9 Å². The highest BCUT2D eigenvalue weighted by Gasteiger charge is 2.42. The highest BCUT2D eigenvalue weighted by Crippen LogP contribution is 2.44. The minimum atomic E-state index is -3.63. The Hall–Kier alpha value is -4.55. The highest BCUT2D eigenvalue weighted by molar-refractivity contribution is 8.00. The molecule has 1 aromatic carbocycles. The van der Waals surface area contributed by atoms with E-state index in [1.54, 1.807) is 23.0 Å². The van der Waals surface area contributed by atoms with E-state index in [-0.39, 0.29) is 46.7 Å². The third-order valence-corrected chi connectivity index (χ3v) is 13.7. The molecule has 7 rings (SSSR count). The largest absolute Gasteiger partial charge is 0.356 e. The molecule has 2 aliphatic heterocycles. The van der Waals surface area contributed by atoms with Crippen LogP contribution in [0.3, 0.4) is 0 Å². The van der Waals surface area contributed by atoms with Crippen molar-refractivity contribution in [3.05, 3.63) is 58.7 Å². The molecule has 0 saturated carbocycles. The first-order valence-electron chi connectivity index (χ1n) is 19.0. The predicted octanol–water partition coefficient (Wildman–Crippen LogP) is 3.73. The number of aryl methyl sites for hydroxylation is 3. The molecular formula is C37H49N11O5S2. The summed E-state index contributed by atoms with van der Waals surface area (Å²) in [5, 5.41) is 29.4. The molecule has 6 amide bonds. The van der Waals surface area contributed by atoms with Crippen LogP contribution in [0.5, 0.6) is 0 Å². The van der Waals surface area contributed by atoms with Gasteiger partial charge in [0.1, 0.15) is 9.92 Å². The average Bonchev–Trinajstić information content (AvgIpc) is 3.97. The van der Waals surface area contributed by atoms with E-state index in [1.165, 1.54) is 12.1 Å². The van der Waals surface area contributed by atoms with Crippen LogP contribution in [0.25, 0.3) is 0 Å². The molecular weight excluding hydrogens is 743 g/mol. The second-order valence-electron chi connectivity index (χ2n) is 15.3. The van der Waals surface area contributed by atoms with Gasteiger partial charge in [0.2, 0.25) is 11.8 Å². The third kappa shape index (κ3) is 9.13. The Balaban J connectivity index is 0.839. The van der Waals surface area contributed by atoms with E-state index in [2.05, 4.69) is 55.1 Å². The van der Waals surface area contributed by atoms with Crippen molar-refractivity contribution in [3.63, 3.8) is 0 Å². The molecule has 0 spiro atoms. The zero-order chi connectivity index (χ0) is 38.7. The number of nitrogens with one attached hydrogen (secondary N) is 5. The summed E-state index contributed by atoms with van der Waals surface area (Å²) >= 11 is 1.85. The molecule has 4 atom stereocenters. The first-order chi connectivity index (χ1) is 26.3. The van der Waals surface area contributed by atoms with E-state index >= 15 is 0 Å². The lowest BCUT2D eigenvalue weighted by molar-refractivity contribution is -0.121. The van der Waals surface area contributed by atoms with Crippen LogP contribution < -0.4 is 31.7 Å². The zero-order valence-electron chi connectivity index (χ0n) is 31.2. The van der Waals surface area contributed by atoms with Gasteiger partial charge in [-0.3, -0.25) is 19.3 Å². The molecule has 294 valence electrons. The summed E-state index contributed by atoms with van der Waals surface area (Å²) in [5.74, 6) is 0.628. The highest BCUT2D eigenvalue weighted by atomic mass is 32.2. The van der Waals surface area contributed by atoms with Crippen molar-refractivity contribution >= 4 is 56.9 Å². The number of aromatic nitrogens is 4. The lowest BCUT2D eigenvalue weighted by Gasteiger charge is -2.20. The molecule has 16 nitrogen and oxygen atoms in total. The van der Waals surface area contributed by atoms with Crippen molar-refractivity contribution in [3.8, 4) is 0 Å². The van der Waals surface area contributed by atoms with Gasteiger partial charge >= 0.3 is 12.1 Å². The van der Waals surface area contributed by atoms with Gasteiger partial charge in [0.25, 0.3) is 0 Å². The second-order valence-corrected chi connectivity index (χ2v) is 18.4. The maximum Gasteiger partial charge on any atom is 0.354 e. The number of pyridine rings is 1. The Morgan fingerprint density at radius 1 is 1.09 bits per heavy atom. The number of benzene rings is 1. The van der Waals surface area contributed by atoms with E-state index in [9.17, 15) is 23.4 Å². The van der Waals surface area contributed by atoms with E-state index in [0.717, 1.165) is 78.9 Å². The Morgan fingerprint density at radius 3 is 2.80 bits per heavy atom. The Bertz CT molecular complexity index is 2110. The summed E-state index contributed by atoms with van der Waals surface area (Å²) < 4.78 is 19.1. The zero-order valence-corrected chi connectivity index (χ0v) is 32.8. The molecule has 2 fully saturated rings. The molecule has 55 heavy (non-hydrogen) atoms. The van der Waals surface area contributed by atoms with Crippen LogP contribution >= 0.6 is 11.8 Å². The Labute approximate surface area is 325 Å². The SMILES string of the molecule is CC1(C)CCc2c1nc1c(c2NC(=O)N=S(N)(=O)c2cccc(NC(=O)CCc3cn(CCCNC(=O)CCCC4SC[C@@H]5NC(=O)N[C@H]45)nn3)c2)CCC1. The maximum atomic E-state index is 13.5. The van der Waals surface area contributed by atoms with Crippen molar-refractivity contribution < 1.29 is 23.4 Å². The molecule has 7 N–H and O–H groups in total. The van der Waals surface area contributed by atoms with E-state index in [4.69, 9.17) is 10.1 Å². The monoisotopic (exact) mass is 791 g/mol. The normalized spacial score (nSPS) is 21.4. The van der Waals surface area contributed by atoms with Gasteiger partial charge in [-0.05, 0) is 80.7 Å². The van der Waals surface area contributed by atoms with Gasteiger partial charge in [-0.25, -0.2) is 18.9 Å². The van der Waals surface area contributed by atoms with Gasteiger partial charge in [0.15, 0.2) is 0 Å². The van der Waals surface area contributed by atoms with Crippen LogP contribution in [0.4, 0.5) is 21.0 Å². The number of rotatable bonds is 14. The van der Waals surface area contributed by atoms with Crippen LogP contribution in [-0.2, 0) is 57.1 Å². The average molecular weight is 792 g/mol. The van der Waals surface area contributed by atoms with Gasteiger partial charge in [0.05, 0.1) is 34.1 Å². The lowest BCUT2D eigenvalue weighted by atomic mass is 9.90. The number of hydrogen-bond acceptors (Lipinski definition) is 9. The van der Waals surface area contributed by atoms with Crippen molar-refractivity contribution in [1.29, 1.82) is 0 Å². The van der Waals surface area contributed by atoms with Crippen LogP contribution in [-0.4, -0.2) is 77.7 Å². The van der Waals surface area contributed by atoms with Gasteiger partial charge in [0, 0.05) is 66.3 Å². The predicted molar refractivity (Wildman–Crippen MR) is 210 cm³/mol. The number of nitrogens with two attached hydrogens (primary N) is 1. The molecule has 2 aliphatic carbocycles. The number of hydrogen-bond donors (Lipinski definition) is 6. The molecule has 2 saturated heterocycles. The van der Waals surface area contributed by atoms with Gasteiger partial charge in [-0.15, -0.1) is 9.46 Å². The topological polar surface area (TPSA) is 227 Å². The minimum Gasteiger partial charge on any atom is -0.356 e. The number of thioether (sulfide) groups is 1. The fourth-order valence-corrected chi connectivity index (χ4v) is 10.4. The number of urea groups is 2. The fraction of sp³-hybridized carbons (Fsp3) is 0.541. The van der Waals surface area contributed by atoms with Gasteiger partial charge in [-0.2, -0.15) is 11.8 Å². The number of nitrogens with zero attached hydrogens (tertiary/aromatic N) is 5. The molecule has 0 bridgehead atoms. The van der Waals surface area contributed by atoms with Crippen molar-refractivity contribution in [2.75, 3.05) is 22.9 Å². The minimum absolute atomic E-state index is 0.00756. The summed E-state index contributed by atoms with van der Waals surface area (Å²) in [6, 6.07) is 5.68. The summed E-state index contributed by atoms with van der Waals surface area (Å²) in [7, 11) is -3.63.